The Bertz CT molecular complexity index is 330. The van der Waals surface area contributed by atoms with Crippen molar-refractivity contribution in [3.63, 3.8) is 0 Å². The van der Waals surface area contributed by atoms with Gasteiger partial charge in [0, 0.05) is 17.8 Å². The molecule has 3 aliphatic rings. The summed E-state index contributed by atoms with van der Waals surface area (Å²) in [6.45, 7) is 0.810. The summed E-state index contributed by atoms with van der Waals surface area (Å²) < 4.78 is 6.04. The third kappa shape index (κ3) is 3.59. The highest BCUT2D eigenvalue weighted by Crippen LogP contribution is 2.42. The van der Waals surface area contributed by atoms with Gasteiger partial charge in [-0.05, 0) is 38.5 Å². The molecule has 3 rings (SSSR count). The van der Waals surface area contributed by atoms with Crippen LogP contribution >= 0.6 is 11.8 Å². The molecule has 0 amide bonds. The molecule has 2 aliphatic carbocycles. The molecular formula is C17H28O2S. The van der Waals surface area contributed by atoms with Crippen LogP contribution in [-0.4, -0.2) is 29.0 Å². The number of hydrogen-bond acceptors (Lipinski definition) is 3. The molecule has 0 aromatic heterocycles. The lowest BCUT2D eigenvalue weighted by molar-refractivity contribution is -0.134. The lowest BCUT2D eigenvalue weighted by Crippen LogP contribution is -2.40. The van der Waals surface area contributed by atoms with Crippen LogP contribution in [0.5, 0.6) is 0 Å². The number of hydrogen-bond donors (Lipinski definition) is 0. The van der Waals surface area contributed by atoms with Crippen LogP contribution in [0.15, 0.2) is 0 Å². The van der Waals surface area contributed by atoms with E-state index in [-0.39, 0.29) is 11.5 Å². The second kappa shape index (κ2) is 6.83. The fourth-order valence-electron chi connectivity index (χ4n) is 4.22. The van der Waals surface area contributed by atoms with Crippen LogP contribution in [0.25, 0.3) is 0 Å². The summed E-state index contributed by atoms with van der Waals surface area (Å²) in [5, 5.41) is 0.757. The standard InChI is InChI=1S/C17H28O2S/c18-16(13-20-15-6-2-1-3-7-15)14-8-11-19-17(12-14)9-4-5-10-17/h14-15H,1-13H2. The second-order valence-electron chi connectivity index (χ2n) is 6.97. The summed E-state index contributed by atoms with van der Waals surface area (Å²) in [5.41, 5.74) is 0.0914. The third-order valence-electron chi connectivity index (χ3n) is 5.48. The van der Waals surface area contributed by atoms with Crippen molar-refractivity contribution in [1.82, 2.24) is 0 Å². The summed E-state index contributed by atoms with van der Waals surface area (Å²) in [6.07, 6.45) is 13.7. The van der Waals surface area contributed by atoms with E-state index in [2.05, 4.69) is 0 Å². The Labute approximate surface area is 127 Å². The van der Waals surface area contributed by atoms with E-state index in [0.717, 1.165) is 30.5 Å². The predicted molar refractivity (Wildman–Crippen MR) is 84.2 cm³/mol. The Hall–Kier alpha value is -0.0200. The van der Waals surface area contributed by atoms with Crippen LogP contribution in [0.1, 0.15) is 70.6 Å². The normalized spacial score (nSPS) is 30.7. The first kappa shape index (κ1) is 14.9. The Kier molecular flexibility index (Phi) is 5.09. The topological polar surface area (TPSA) is 26.3 Å². The molecule has 0 aromatic carbocycles. The maximum absolute atomic E-state index is 12.5. The number of carbonyl (C=O) groups excluding carboxylic acids is 1. The number of ketones is 1. The van der Waals surface area contributed by atoms with E-state index in [1.165, 1.54) is 57.8 Å². The maximum Gasteiger partial charge on any atom is 0.146 e. The van der Waals surface area contributed by atoms with Crippen LogP contribution in [-0.2, 0) is 9.53 Å². The summed E-state index contributed by atoms with van der Waals surface area (Å²) in [7, 11) is 0. The van der Waals surface area contributed by atoms with Gasteiger partial charge in [0.2, 0.25) is 0 Å². The summed E-state index contributed by atoms with van der Waals surface area (Å²) in [6, 6.07) is 0. The number of Topliss-reactive ketones (excluding diaryl/α,β-unsaturated/α-hetero) is 1. The minimum atomic E-state index is 0.0914. The zero-order valence-corrected chi connectivity index (χ0v) is 13.4. The van der Waals surface area contributed by atoms with Crippen molar-refractivity contribution >= 4 is 17.5 Å². The minimum absolute atomic E-state index is 0.0914. The van der Waals surface area contributed by atoms with Crippen molar-refractivity contribution in [2.45, 2.75) is 81.5 Å². The second-order valence-corrected chi connectivity index (χ2v) is 8.25. The zero-order chi connectivity index (χ0) is 13.8. The molecule has 0 bridgehead atoms. The van der Waals surface area contributed by atoms with Crippen molar-refractivity contribution in [2.75, 3.05) is 12.4 Å². The molecule has 1 spiro atoms. The SMILES string of the molecule is O=C(CSC1CCCCC1)C1CCOC2(CCCC2)C1. The van der Waals surface area contributed by atoms with E-state index in [0.29, 0.717) is 5.78 Å². The highest BCUT2D eigenvalue weighted by atomic mass is 32.2. The molecule has 1 unspecified atom stereocenters. The van der Waals surface area contributed by atoms with Gasteiger partial charge in [0.05, 0.1) is 11.4 Å². The third-order valence-corrected chi connectivity index (χ3v) is 6.87. The predicted octanol–water partition coefficient (Wildman–Crippen LogP) is 4.36. The van der Waals surface area contributed by atoms with Gasteiger partial charge in [0.1, 0.15) is 5.78 Å². The number of carbonyl (C=O) groups is 1. The average Bonchev–Trinajstić information content (AvgIpc) is 2.93. The maximum atomic E-state index is 12.5. The molecule has 1 atom stereocenters. The van der Waals surface area contributed by atoms with Crippen LogP contribution in [0.3, 0.4) is 0 Å². The van der Waals surface area contributed by atoms with E-state index in [4.69, 9.17) is 4.74 Å². The minimum Gasteiger partial charge on any atom is -0.375 e. The smallest absolute Gasteiger partial charge is 0.146 e. The highest BCUT2D eigenvalue weighted by Gasteiger charge is 2.41. The Balaban J connectivity index is 1.46. The first-order valence-electron chi connectivity index (χ1n) is 8.56. The van der Waals surface area contributed by atoms with Crippen molar-refractivity contribution in [3.8, 4) is 0 Å². The number of ether oxygens (including phenoxy) is 1. The molecule has 1 saturated heterocycles. The Morgan fingerprint density at radius 1 is 1.05 bits per heavy atom. The van der Waals surface area contributed by atoms with Crippen LogP contribution in [0, 0.1) is 5.92 Å². The van der Waals surface area contributed by atoms with Gasteiger partial charge in [0.25, 0.3) is 0 Å². The molecule has 0 radical (unpaired) electrons. The van der Waals surface area contributed by atoms with Crippen molar-refractivity contribution in [3.05, 3.63) is 0 Å². The molecule has 20 heavy (non-hydrogen) atoms. The van der Waals surface area contributed by atoms with Gasteiger partial charge in [-0.2, -0.15) is 11.8 Å². The first-order chi connectivity index (χ1) is 9.77. The fourth-order valence-corrected chi connectivity index (χ4v) is 5.52. The first-order valence-corrected chi connectivity index (χ1v) is 9.61. The van der Waals surface area contributed by atoms with Crippen molar-refractivity contribution < 1.29 is 9.53 Å². The van der Waals surface area contributed by atoms with Gasteiger partial charge >= 0.3 is 0 Å². The molecule has 2 nitrogen and oxygen atoms in total. The van der Waals surface area contributed by atoms with Crippen LogP contribution in [0.2, 0.25) is 0 Å². The molecule has 0 aromatic rings. The van der Waals surface area contributed by atoms with Crippen LogP contribution < -0.4 is 0 Å². The molecule has 1 aliphatic heterocycles. The van der Waals surface area contributed by atoms with Gasteiger partial charge in [-0.3, -0.25) is 4.79 Å². The van der Waals surface area contributed by atoms with E-state index < -0.39 is 0 Å². The fraction of sp³-hybridized carbons (Fsp3) is 0.941. The average molecular weight is 296 g/mol. The van der Waals surface area contributed by atoms with E-state index in [9.17, 15) is 4.79 Å². The molecule has 3 fully saturated rings. The molecular weight excluding hydrogens is 268 g/mol. The summed E-state index contributed by atoms with van der Waals surface area (Å²) in [5.74, 6) is 1.55. The van der Waals surface area contributed by atoms with Crippen molar-refractivity contribution in [1.29, 1.82) is 0 Å². The lowest BCUT2D eigenvalue weighted by atomic mass is 9.83. The van der Waals surface area contributed by atoms with Gasteiger partial charge in [0.15, 0.2) is 0 Å². The van der Waals surface area contributed by atoms with Gasteiger partial charge in [-0.25, -0.2) is 0 Å². The van der Waals surface area contributed by atoms with Gasteiger partial charge in [-0.1, -0.05) is 32.1 Å². The zero-order valence-electron chi connectivity index (χ0n) is 12.6. The Morgan fingerprint density at radius 2 is 1.80 bits per heavy atom. The van der Waals surface area contributed by atoms with E-state index in [1.54, 1.807) is 0 Å². The lowest BCUT2D eigenvalue weighted by Gasteiger charge is -2.37. The molecule has 0 N–H and O–H groups in total. The largest absolute Gasteiger partial charge is 0.375 e. The molecule has 1 heterocycles. The highest BCUT2D eigenvalue weighted by molar-refractivity contribution is 8.00. The Morgan fingerprint density at radius 3 is 2.55 bits per heavy atom. The van der Waals surface area contributed by atoms with E-state index in [1.807, 2.05) is 11.8 Å². The molecule has 114 valence electrons. The van der Waals surface area contributed by atoms with Gasteiger partial charge in [-0.15, -0.1) is 0 Å². The molecule has 2 saturated carbocycles. The number of rotatable bonds is 4. The number of thioether (sulfide) groups is 1. The summed E-state index contributed by atoms with van der Waals surface area (Å²) in [4.78, 5) is 12.5. The van der Waals surface area contributed by atoms with Gasteiger partial charge < -0.3 is 4.74 Å². The van der Waals surface area contributed by atoms with E-state index >= 15 is 0 Å². The summed E-state index contributed by atoms with van der Waals surface area (Å²) >= 11 is 1.94. The van der Waals surface area contributed by atoms with Crippen molar-refractivity contribution in [2.24, 2.45) is 5.92 Å². The molecule has 3 heteroatoms. The van der Waals surface area contributed by atoms with Crippen LogP contribution in [0.4, 0.5) is 0 Å². The monoisotopic (exact) mass is 296 g/mol. The quantitative estimate of drug-likeness (QED) is 0.771.